The highest BCUT2D eigenvalue weighted by Gasteiger charge is 2.28. The van der Waals surface area contributed by atoms with Crippen molar-refractivity contribution < 1.29 is 9.90 Å². The Bertz CT molecular complexity index is 1160. The lowest BCUT2D eigenvalue weighted by atomic mass is 10.0. The molecule has 0 bridgehead atoms. The maximum absolute atomic E-state index is 12.0. The molecule has 0 aliphatic carbocycles. The number of aromatic nitrogens is 4. The van der Waals surface area contributed by atoms with Crippen molar-refractivity contribution in [3.05, 3.63) is 59.1 Å². The standard InChI is InChI=1S/C25H30ClN7O2/c1-18(34)32-9-6-23-22(17-32)25(19-2-4-20(26)5-3-19)29-33(23)16-21(35)15-30-10-12-31(13-11-30)24-14-27-7-8-28-24/h2-5,7-8,14,21,35H,6,9-13,15-17H2,1H3. The molecule has 3 aromatic rings. The largest absolute Gasteiger partial charge is 0.390 e. The van der Waals surface area contributed by atoms with Gasteiger partial charge in [0.25, 0.3) is 0 Å². The third kappa shape index (κ3) is 5.32. The van der Waals surface area contributed by atoms with Crippen LogP contribution in [0.5, 0.6) is 0 Å². The van der Waals surface area contributed by atoms with Gasteiger partial charge in [0, 0.05) is 93.4 Å². The van der Waals surface area contributed by atoms with Gasteiger partial charge in [-0.25, -0.2) is 4.98 Å². The predicted octanol–water partition coefficient (Wildman–Crippen LogP) is 2.08. The van der Waals surface area contributed by atoms with Crippen molar-refractivity contribution >= 4 is 23.3 Å². The molecule has 2 aliphatic heterocycles. The molecule has 1 N–H and O–H groups in total. The zero-order valence-electron chi connectivity index (χ0n) is 19.8. The summed E-state index contributed by atoms with van der Waals surface area (Å²) in [6, 6.07) is 7.61. The van der Waals surface area contributed by atoms with Crippen LogP contribution in [0.4, 0.5) is 5.82 Å². The highest BCUT2D eigenvalue weighted by Crippen LogP contribution is 2.31. The highest BCUT2D eigenvalue weighted by atomic mass is 35.5. The number of anilines is 1. The van der Waals surface area contributed by atoms with Crippen molar-refractivity contribution in [3.8, 4) is 11.3 Å². The van der Waals surface area contributed by atoms with E-state index in [1.54, 1.807) is 25.5 Å². The van der Waals surface area contributed by atoms with Crippen LogP contribution in [-0.2, 0) is 24.3 Å². The van der Waals surface area contributed by atoms with Crippen LogP contribution in [0, 0.1) is 0 Å². The van der Waals surface area contributed by atoms with Crippen molar-refractivity contribution in [2.24, 2.45) is 0 Å². The number of benzene rings is 1. The van der Waals surface area contributed by atoms with Gasteiger partial charge in [-0.3, -0.25) is 19.4 Å². The molecular weight excluding hydrogens is 466 g/mol. The number of β-amino-alcohol motifs (C(OH)–C–C–N with tert-alkyl or cyclic N) is 1. The Morgan fingerprint density at radius 2 is 1.86 bits per heavy atom. The summed E-state index contributed by atoms with van der Waals surface area (Å²) >= 11 is 6.09. The van der Waals surface area contributed by atoms with Gasteiger partial charge in [0.1, 0.15) is 5.82 Å². The molecule has 2 aromatic heterocycles. The smallest absolute Gasteiger partial charge is 0.219 e. The van der Waals surface area contributed by atoms with Crippen LogP contribution < -0.4 is 4.90 Å². The first-order chi connectivity index (χ1) is 17.0. The first-order valence-corrected chi connectivity index (χ1v) is 12.4. The van der Waals surface area contributed by atoms with Gasteiger partial charge in [-0.15, -0.1) is 0 Å². The van der Waals surface area contributed by atoms with Gasteiger partial charge < -0.3 is 14.9 Å². The van der Waals surface area contributed by atoms with Gasteiger partial charge in [0.05, 0.1) is 24.5 Å². The Labute approximate surface area is 209 Å². The van der Waals surface area contributed by atoms with Crippen molar-refractivity contribution in [2.75, 3.05) is 44.2 Å². The molecule has 5 rings (SSSR count). The molecule has 1 saturated heterocycles. The number of carbonyl (C=O) groups is 1. The van der Waals surface area contributed by atoms with E-state index < -0.39 is 6.10 Å². The zero-order valence-corrected chi connectivity index (χ0v) is 20.6. The molecule has 1 fully saturated rings. The number of rotatable bonds is 6. The molecule has 10 heteroatoms. The van der Waals surface area contributed by atoms with Crippen LogP contribution in [0.25, 0.3) is 11.3 Å². The van der Waals surface area contributed by atoms with Gasteiger partial charge in [-0.2, -0.15) is 5.10 Å². The Hall–Kier alpha value is -3.01. The van der Waals surface area contributed by atoms with E-state index in [-0.39, 0.29) is 5.91 Å². The summed E-state index contributed by atoms with van der Waals surface area (Å²) in [7, 11) is 0. The molecule has 4 heterocycles. The van der Waals surface area contributed by atoms with Gasteiger partial charge in [0.15, 0.2) is 0 Å². The number of carbonyl (C=O) groups excluding carboxylic acids is 1. The second-order valence-corrected chi connectivity index (χ2v) is 9.59. The minimum Gasteiger partial charge on any atom is -0.390 e. The summed E-state index contributed by atoms with van der Waals surface area (Å²) in [4.78, 5) is 26.9. The van der Waals surface area contributed by atoms with Gasteiger partial charge in [0.2, 0.25) is 5.91 Å². The Morgan fingerprint density at radius 1 is 1.09 bits per heavy atom. The first kappa shape index (κ1) is 23.7. The van der Waals surface area contributed by atoms with E-state index in [4.69, 9.17) is 16.7 Å². The summed E-state index contributed by atoms with van der Waals surface area (Å²) in [6.07, 6.45) is 5.35. The van der Waals surface area contributed by atoms with E-state index in [0.717, 1.165) is 60.9 Å². The average Bonchev–Trinajstić information content (AvgIpc) is 3.23. The van der Waals surface area contributed by atoms with Gasteiger partial charge >= 0.3 is 0 Å². The third-order valence-electron chi connectivity index (χ3n) is 6.80. The molecule has 184 valence electrons. The molecule has 1 atom stereocenters. The molecule has 1 amide bonds. The number of aliphatic hydroxyl groups excluding tert-OH is 1. The summed E-state index contributed by atoms with van der Waals surface area (Å²) in [6.45, 7) is 7.21. The Balaban J connectivity index is 1.28. The van der Waals surface area contributed by atoms with Gasteiger partial charge in [-0.05, 0) is 12.1 Å². The van der Waals surface area contributed by atoms with Crippen LogP contribution in [0.1, 0.15) is 18.2 Å². The molecular formula is C25H30ClN7O2. The van der Waals surface area contributed by atoms with E-state index in [0.29, 0.717) is 31.2 Å². The molecule has 2 aliphatic rings. The van der Waals surface area contributed by atoms with Crippen molar-refractivity contribution in [3.63, 3.8) is 0 Å². The fraction of sp³-hybridized carbons (Fsp3) is 0.440. The molecule has 0 radical (unpaired) electrons. The van der Waals surface area contributed by atoms with Crippen LogP contribution >= 0.6 is 11.6 Å². The third-order valence-corrected chi connectivity index (χ3v) is 7.05. The van der Waals surface area contributed by atoms with E-state index in [1.807, 2.05) is 33.8 Å². The molecule has 1 aromatic carbocycles. The number of amides is 1. The second-order valence-electron chi connectivity index (χ2n) is 9.16. The number of nitrogens with zero attached hydrogens (tertiary/aromatic N) is 7. The summed E-state index contributed by atoms with van der Waals surface area (Å²) < 4.78 is 1.94. The van der Waals surface area contributed by atoms with Crippen molar-refractivity contribution in [1.29, 1.82) is 0 Å². The Kier molecular flexibility index (Phi) is 6.99. The topological polar surface area (TPSA) is 90.6 Å². The number of hydrogen-bond acceptors (Lipinski definition) is 7. The number of halogens is 1. The van der Waals surface area contributed by atoms with Crippen LogP contribution in [-0.4, -0.2) is 85.9 Å². The monoisotopic (exact) mass is 495 g/mol. The van der Waals surface area contributed by atoms with E-state index >= 15 is 0 Å². The summed E-state index contributed by atoms with van der Waals surface area (Å²) in [5.41, 5.74) is 3.97. The molecule has 0 saturated carbocycles. The molecule has 9 nitrogen and oxygen atoms in total. The normalized spacial score (nSPS) is 17.3. The predicted molar refractivity (Wildman–Crippen MR) is 134 cm³/mol. The molecule has 35 heavy (non-hydrogen) atoms. The zero-order chi connectivity index (χ0) is 24.4. The van der Waals surface area contributed by atoms with Crippen LogP contribution in [0.3, 0.4) is 0 Å². The van der Waals surface area contributed by atoms with Gasteiger partial charge in [-0.1, -0.05) is 23.7 Å². The Morgan fingerprint density at radius 3 is 2.54 bits per heavy atom. The second kappa shape index (κ2) is 10.3. The number of piperazine rings is 1. The lowest BCUT2D eigenvalue weighted by Gasteiger charge is -2.36. The first-order valence-electron chi connectivity index (χ1n) is 12.0. The lowest BCUT2D eigenvalue weighted by Crippen LogP contribution is -2.49. The number of aliphatic hydroxyl groups is 1. The highest BCUT2D eigenvalue weighted by molar-refractivity contribution is 6.30. The average molecular weight is 496 g/mol. The fourth-order valence-electron chi connectivity index (χ4n) is 4.92. The minimum atomic E-state index is -0.550. The number of hydrogen-bond donors (Lipinski definition) is 1. The van der Waals surface area contributed by atoms with Crippen LogP contribution in [0.15, 0.2) is 42.9 Å². The minimum absolute atomic E-state index is 0.0612. The van der Waals surface area contributed by atoms with Crippen molar-refractivity contribution in [2.45, 2.75) is 32.5 Å². The lowest BCUT2D eigenvalue weighted by molar-refractivity contribution is -0.129. The van der Waals surface area contributed by atoms with E-state index in [9.17, 15) is 9.90 Å². The SMILES string of the molecule is CC(=O)N1CCc2c(c(-c3ccc(Cl)cc3)nn2CC(O)CN2CCN(c3cnccn3)CC2)C1. The quantitative estimate of drug-likeness (QED) is 0.560. The summed E-state index contributed by atoms with van der Waals surface area (Å²) in [5.74, 6) is 0.955. The van der Waals surface area contributed by atoms with Crippen LogP contribution in [0.2, 0.25) is 5.02 Å². The molecule has 0 spiro atoms. The maximum atomic E-state index is 12.0. The fourth-order valence-corrected chi connectivity index (χ4v) is 5.05. The maximum Gasteiger partial charge on any atom is 0.219 e. The number of fused-ring (bicyclic) bond motifs is 1. The molecule has 1 unspecified atom stereocenters. The van der Waals surface area contributed by atoms with E-state index in [1.165, 1.54) is 0 Å². The van der Waals surface area contributed by atoms with E-state index in [2.05, 4.69) is 19.8 Å². The summed E-state index contributed by atoms with van der Waals surface area (Å²) in [5, 5.41) is 16.5. The van der Waals surface area contributed by atoms with Crippen molar-refractivity contribution in [1.82, 2.24) is 29.5 Å².